The van der Waals surface area contributed by atoms with Gasteiger partial charge >= 0.3 is 0 Å². The van der Waals surface area contributed by atoms with Gasteiger partial charge in [-0.1, -0.05) is 30.3 Å². The maximum atomic E-state index is 3.46. The molecule has 0 radical (unpaired) electrons. The van der Waals surface area contributed by atoms with E-state index in [4.69, 9.17) is 0 Å². The van der Waals surface area contributed by atoms with Crippen molar-refractivity contribution in [1.29, 1.82) is 0 Å². The number of hydrogen-bond donors (Lipinski definition) is 1. The van der Waals surface area contributed by atoms with Crippen LogP contribution in [0.5, 0.6) is 0 Å². The van der Waals surface area contributed by atoms with E-state index >= 15 is 0 Å². The first kappa shape index (κ1) is 16.4. The molecule has 2 rings (SSSR count). The highest BCUT2D eigenvalue weighted by Crippen LogP contribution is 2.14. The zero-order valence-electron chi connectivity index (χ0n) is 13.8. The summed E-state index contributed by atoms with van der Waals surface area (Å²) in [4.78, 5) is 7.42. The third-order valence-electron chi connectivity index (χ3n) is 4.32. The van der Waals surface area contributed by atoms with Crippen LogP contribution in [0.25, 0.3) is 0 Å². The van der Waals surface area contributed by atoms with Crippen molar-refractivity contribution < 1.29 is 0 Å². The molecule has 1 atom stereocenters. The largest absolute Gasteiger partial charge is 0.312 e. The van der Waals surface area contributed by atoms with Crippen molar-refractivity contribution in [3.8, 4) is 0 Å². The highest BCUT2D eigenvalue weighted by atomic mass is 15.3. The van der Waals surface area contributed by atoms with Gasteiger partial charge in [0.25, 0.3) is 0 Å². The molecule has 1 fully saturated rings. The Bertz CT molecular complexity index is 385. The lowest BCUT2D eigenvalue weighted by Gasteiger charge is -2.36. The Morgan fingerprint density at radius 1 is 1.05 bits per heavy atom. The Morgan fingerprint density at radius 3 is 2.24 bits per heavy atom. The van der Waals surface area contributed by atoms with Crippen LogP contribution in [0.15, 0.2) is 30.3 Å². The molecule has 0 aliphatic carbocycles. The molecular formula is C17H30N4. The van der Waals surface area contributed by atoms with Crippen LogP contribution in [-0.4, -0.2) is 81.7 Å². The molecule has 0 bridgehead atoms. The molecule has 4 heteroatoms. The van der Waals surface area contributed by atoms with Crippen molar-refractivity contribution in [1.82, 2.24) is 20.0 Å². The molecular weight excluding hydrogens is 260 g/mol. The van der Waals surface area contributed by atoms with Crippen LogP contribution < -0.4 is 5.32 Å². The SMILES string of the molecule is CNC(CN1CCN(CCN(C)C)CC1)c1ccccc1. The summed E-state index contributed by atoms with van der Waals surface area (Å²) in [6, 6.07) is 11.2. The zero-order chi connectivity index (χ0) is 15.1. The second kappa shape index (κ2) is 8.49. The van der Waals surface area contributed by atoms with Gasteiger partial charge in [-0.25, -0.2) is 0 Å². The van der Waals surface area contributed by atoms with Crippen LogP contribution in [-0.2, 0) is 0 Å². The Morgan fingerprint density at radius 2 is 1.67 bits per heavy atom. The Labute approximate surface area is 129 Å². The Kier molecular flexibility index (Phi) is 6.64. The highest BCUT2D eigenvalue weighted by Gasteiger charge is 2.20. The summed E-state index contributed by atoms with van der Waals surface area (Å²) in [5, 5.41) is 3.46. The molecule has 0 saturated carbocycles. The van der Waals surface area contributed by atoms with Gasteiger partial charge in [-0.2, -0.15) is 0 Å². The van der Waals surface area contributed by atoms with E-state index in [0.717, 1.165) is 13.1 Å². The second-order valence-corrected chi connectivity index (χ2v) is 6.20. The van der Waals surface area contributed by atoms with E-state index < -0.39 is 0 Å². The molecule has 1 aromatic rings. The summed E-state index contributed by atoms with van der Waals surface area (Å²) in [5.41, 5.74) is 1.38. The molecule has 1 aliphatic heterocycles. The van der Waals surface area contributed by atoms with Gasteiger partial charge in [0.2, 0.25) is 0 Å². The molecule has 1 heterocycles. The molecule has 1 aromatic carbocycles. The van der Waals surface area contributed by atoms with E-state index in [1.807, 2.05) is 0 Å². The van der Waals surface area contributed by atoms with Gasteiger partial charge in [-0.05, 0) is 26.7 Å². The van der Waals surface area contributed by atoms with Gasteiger partial charge in [0.15, 0.2) is 0 Å². The number of nitrogens with one attached hydrogen (secondary N) is 1. The minimum atomic E-state index is 0.430. The van der Waals surface area contributed by atoms with Crippen LogP contribution in [0.4, 0.5) is 0 Å². The van der Waals surface area contributed by atoms with Crippen molar-refractivity contribution in [2.45, 2.75) is 6.04 Å². The summed E-state index contributed by atoms with van der Waals surface area (Å²) >= 11 is 0. The number of rotatable bonds is 7. The summed E-state index contributed by atoms with van der Waals surface area (Å²) in [7, 11) is 6.35. The molecule has 1 N–H and O–H groups in total. The minimum Gasteiger partial charge on any atom is -0.312 e. The lowest BCUT2D eigenvalue weighted by atomic mass is 10.1. The highest BCUT2D eigenvalue weighted by molar-refractivity contribution is 5.19. The number of piperazine rings is 1. The van der Waals surface area contributed by atoms with Gasteiger partial charge in [-0.15, -0.1) is 0 Å². The van der Waals surface area contributed by atoms with Crippen molar-refractivity contribution in [3.63, 3.8) is 0 Å². The van der Waals surface area contributed by atoms with Crippen LogP contribution in [0.2, 0.25) is 0 Å². The zero-order valence-corrected chi connectivity index (χ0v) is 13.8. The molecule has 1 aliphatic rings. The van der Waals surface area contributed by atoms with E-state index in [0.29, 0.717) is 6.04 Å². The van der Waals surface area contributed by atoms with Gasteiger partial charge in [0.05, 0.1) is 0 Å². The second-order valence-electron chi connectivity index (χ2n) is 6.20. The molecule has 21 heavy (non-hydrogen) atoms. The van der Waals surface area contributed by atoms with Crippen LogP contribution >= 0.6 is 0 Å². The average molecular weight is 290 g/mol. The van der Waals surface area contributed by atoms with Crippen LogP contribution in [0.3, 0.4) is 0 Å². The normalized spacial score (nSPS) is 19.0. The molecule has 0 aromatic heterocycles. The average Bonchev–Trinajstić information content (AvgIpc) is 2.52. The van der Waals surface area contributed by atoms with E-state index in [2.05, 4.69) is 71.5 Å². The molecule has 0 amide bonds. The maximum absolute atomic E-state index is 3.46. The number of hydrogen-bond acceptors (Lipinski definition) is 4. The van der Waals surface area contributed by atoms with Crippen LogP contribution in [0, 0.1) is 0 Å². The number of benzene rings is 1. The smallest absolute Gasteiger partial charge is 0.0446 e. The van der Waals surface area contributed by atoms with E-state index in [1.54, 1.807) is 0 Å². The topological polar surface area (TPSA) is 21.8 Å². The fourth-order valence-corrected chi connectivity index (χ4v) is 2.84. The lowest BCUT2D eigenvalue weighted by molar-refractivity contribution is 0.118. The van der Waals surface area contributed by atoms with E-state index in [-0.39, 0.29) is 0 Å². The van der Waals surface area contributed by atoms with Crippen LogP contribution in [0.1, 0.15) is 11.6 Å². The van der Waals surface area contributed by atoms with E-state index in [9.17, 15) is 0 Å². The third kappa shape index (κ3) is 5.40. The third-order valence-corrected chi connectivity index (χ3v) is 4.32. The molecule has 118 valence electrons. The quantitative estimate of drug-likeness (QED) is 0.812. The van der Waals surface area contributed by atoms with Crippen molar-refractivity contribution in [2.75, 3.05) is 67.0 Å². The fourth-order valence-electron chi connectivity index (χ4n) is 2.84. The predicted molar refractivity (Wildman–Crippen MR) is 89.7 cm³/mol. The molecule has 1 unspecified atom stereocenters. The molecule has 1 saturated heterocycles. The number of nitrogens with zero attached hydrogens (tertiary/aromatic N) is 3. The lowest BCUT2D eigenvalue weighted by Crippen LogP contribution is -2.49. The van der Waals surface area contributed by atoms with Gasteiger partial charge in [-0.3, -0.25) is 9.80 Å². The van der Waals surface area contributed by atoms with Crippen molar-refractivity contribution >= 4 is 0 Å². The first-order valence-electron chi connectivity index (χ1n) is 8.00. The minimum absolute atomic E-state index is 0.430. The summed E-state index contributed by atoms with van der Waals surface area (Å²) < 4.78 is 0. The van der Waals surface area contributed by atoms with Gasteiger partial charge in [0, 0.05) is 51.9 Å². The monoisotopic (exact) mass is 290 g/mol. The van der Waals surface area contributed by atoms with Crippen molar-refractivity contribution in [2.24, 2.45) is 0 Å². The predicted octanol–water partition coefficient (Wildman–Crippen LogP) is 1.13. The molecule has 0 spiro atoms. The van der Waals surface area contributed by atoms with Gasteiger partial charge in [0.1, 0.15) is 0 Å². The standard InChI is InChI=1S/C17H30N4/c1-18-17(16-7-5-4-6-8-16)15-21-13-11-20(12-14-21)10-9-19(2)3/h4-8,17-18H,9-15H2,1-3H3. The van der Waals surface area contributed by atoms with Crippen molar-refractivity contribution in [3.05, 3.63) is 35.9 Å². The summed E-state index contributed by atoms with van der Waals surface area (Å²) in [5.74, 6) is 0. The Hall–Kier alpha value is -0.940. The fraction of sp³-hybridized carbons (Fsp3) is 0.647. The number of likely N-dealkylation sites (N-methyl/N-ethyl adjacent to an activating group) is 2. The molecule has 4 nitrogen and oxygen atoms in total. The Balaban J connectivity index is 1.77. The van der Waals surface area contributed by atoms with E-state index in [1.165, 1.54) is 38.3 Å². The van der Waals surface area contributed by atoms with Gasteiger partial charge < -0.3 is 10.2 Å². The summed E-state index contributed by atoms with van der Waals surface area (Å²) in [6.07, 6.45) is 0. The first-order chi connectivity index (χ1) is 10.2. The first-order valence-corrected chi connectivity index (χ1v) is 8.00. The summed E-state index contributed by atoms with van der Waals surface area (Å²) in [6.45, 7) is 8.19. The maximum Gasteiger partial charge on any atom is 0.0446 e.